The van der Waals surface area contributed by atoms with Crippen LogP contribution in [0.3, 0.4) is 0 Å². The quantitative estimate of drug-likeness (QED) is 0.877. The predicted molar refractivity (Wildman–Crippen MR) is 83.4 cm³/mol. The van der Waals surface area contributed by atoms with Crippen LogP contribution >= 0.6 is 11.3 Å². The molecule has 0 spiro atoms. The molecule has 1 saturated heterocycles. The molecular weight excluding hydrogens is 270 g/mol. The van der Waals surface area contributed by atoms with Crippen LogP contribution in [0, 0.1) is 12.8 Å². The Morgan fingerprint density at radius 1 is 1.40 bits per heavy atom. The van der Waals surface area contributed by atoms with E-state index < -0.39 is 0 Å². The summed E-state index contributed by atoms with van der Waals surface area (Å²) in [7, 11) is 0. The van der Waals surface area contributed by atoms with E-state index in [2.05, 4.69) is 29.0 Å². The molecule has 0 aliphatic carbocycles. The molecule has 1 aliphatic rings. The van der Waals surface area contributed by atoms with Crippen LogP contribution in [0.2, 0.25) is 0 Å². The van der Waals surface area contributed by atoms with Crippen LogP contribution in [0.5, 0.6) is 0 Å². The zero-order valence-electron chi connectivity index (χ0n) is 12.7. The molecule has 2 heterocycles. The number of hydrogen-bond donors (Lipinski definition) is 1. The largest absolute Gasteiger partial charge is 0.351 e. The van der Waals surface area contributed by atoms with E-state index in [1.54, 1.807) is 11.3 Å². The van der Waals surface area contributed by atoms with Crippen molar-refractivity contribution in [2.24, 2.45) is 5.92 Å². The van der Waals surface area contributed by atoms with Gasteiger partial charge >= 0.3 is 0 Å². The standard InChI is InChI=1S/C15H25N3OS/c1-11(2)10-16-15(19)14-12(3)17-13(20-14)6-9-18-7-4-5-8-18/h11H,4-10H2,1-3H3,(H,16,19). The highest BCUT2D eigenvalue weighted by Gasteiger charge is 2.17. The van der Waals surface area contributed by atoms with E-state index in [0.29, 0.717) is 5.92 Å². The van der Waals surface area contributed by atoms with E-state index in [4.69, 9.17) is 0 Å². The van der Waals surface area contributed by atoms with E-state index in [1.807, 2.05) is 6.92 Å². The third kappa shape index (κ3) is 4.28. The van der Waals surface area contributed by atoms with Gasteiger partial charge in [-0.15, -0.1) is 11.3 Å². The monoisotopic (exact) mass is 295 g/mol. The lowest BCUT2D eigenvalue weighted by Crippen LogP contribution is -2.27. The van der Waals surface area contributed by atoms with Gasteiger partial charge in [0.25, 0.3) is 5.91 Å². The van der Waals surface area contributed by atoms with Crippen LogP contribution in [-0.4, -0.2) is 42.0 Å². The van der Waals surface area contributed by atoms with Gasteiger partial charge in [-0.25, -0.2) is 4.98 Å². The van der Waals surface area contributed by atoms with Gasteiger partial charge in [0.05, 0.1) is 10.7 Å². The summed E-state index contributed by atoms with van der Waals surface area (Å²) >= 11 is 1.55. The second-order valence-corrected chi connectivity index (χ2v) is 7.01. The molecule has 112 valence electrons. The van der Waals surface area contributed by atoms with E-state index in [-0.39, 0.29) is 5.91 Å². The maximum atomic E-state index is 12.1. The Balaban J connectivity index is 1.89. The maximum Gasteiger partial charge on any atom is 0.263 e. The van der Waals surface area contributed by atoms with Crippen LogP contribution in [-0.2, 0) is 6.42 Å². The molecule has 0 radical (unpaired) electrons. The summed E-state index contributed by atoms with van der Waals surface area (Å²) in [5.74, 6) is 0.503. The molecule has 0 saturated carbocycles. The first-order valence-corrected chi connectivity index (χ1v) is 8.34. The number of carbonyl (C=O) groups is 1. The van der Waals surface area contributed by atoms with Crippen LogP contribution in [0.1, 0.15) is 47.1 Å². The first-order valence-electron chi connectivity index (χ1n) is 7.53. The fourth-order valence-corrected chi connectivity index (χ4v) is 3.38. The molecule has 0 unspecified atom stereocenters. The molecule has 2 rings (SSSR count). The SMILES string of the molecule is Cc1nc(CCN2CCCC2)sc1C(=O)NCC(C)C. The molecule has 1 fully saturated rings. The lowest BCUT2D eigenvalue weighted by molar-refractivity contribution is 0.0952. The topological polar surface area (TPSA) is 45.2 Å². The number of nitrogens with one attached hydrogen (secondary N) is 1. The highest BCUT2D eigenvalue weighted by molar-refractivity contribution is 7.13. The minimum atomic E-state index is 0.0288. The number of carbonyl (C=O) groups excluding carboxylic acids is 1. The van der Waals surface area contributed by atoms with Crippen molar-refractivity contribution in [3.05, 3.63) is 15.6 Å². The van der Waals surface area contributed by atoms with Gasteiger partial charge in [-0.05, 0) is 38.8 Å². The molecule has 1 amide bonds. The number of thiazole rings is 1. The molecule has 0 bridgehead atoms. The van der Waals surface area contributed by atoms with E-state index in [1.165, 1.54) is 25.9 Å². The molecule has 0 atom stereocenters. The molecular formula is C15H25N3OS. The highest BCUT2D eigenvalue weighted by atomic mass is 32.1. The Hall–Kier alpha value is -0.940. The molecule has 0 aromatic carbocycles. The number of likely N-dealkylation sites (tertiary alicyclic amines) is 1. The van der Waals surface area contributed by atoms with Crippen molar-refractivity contribution in [2.75, 3.05) is 26.2 Å². The van der Waals surface area contributed by atoms with Gasteiger partial charge in [0.2, 0.25) is 0 Å². The Morgan fingerprint density at radius 2 is 2.10 bits per heavy atom. The zero-order chi connectivity index (χ0) is 14.5. The third-order valence-electron chi connectivity index (χ3n) is 3.56. The highest BCUT2D eigenvalue weighted by Crippen LogP contribution is 2.19. The maximum absolute atomic E-state index is 12.1. The van der Waals surface area contributed by atoms with Gasteiger partial charge in [0.15, 0.2) is 0 Å². The molecule has 1 aromatic heterocycles. The molecule has 5 heteroatoms. The summed E-state index contributed by atoms with van der Waals surface area (Å²) in [6.07, 6.45) is 3.60. The second-order valence-electron chi connectivity index (χ2n) is 5.92. The Kier molecular flexibility index (Phi) is 5.54. The number of hydrogen-bond acceptors (Lipinski definition) is 4. The summed E-state index contributed by atoms with van der Waals surface area (Å²) in [6, 6.07) is 0. The Bertz CT molecular complexity index is 450. The van der Waals surface area contributed by atoms with Gasteiger partial charge in [0.1, 0.15) is 4.88 Å². The van der Waals surface area contributed by atoms with Crippen molar-refractivity contribution in [1.29, 1.82) is 0 Å². The summed E-state index contributed by atoms with van der Waals surface area (Å²) in [6.45, 7) is 10.3. The summed E-state index contributed by atoms with van der Waals surface area (Å²) in [5.41, 5.74) is 0.868. The number of nitrogens with zero attached hydrogens (tertiary/aromatic N) is 2. The van der Waals surface area contributed by atoms with Gasteiger partial charge in [-0.2, -0.15) is 0 Å². The zero-order valence-corrected chi connectivity index (χ0v) is 13.6. The fourth-order valence-electron chi connectivity index (χ4n) is 2.41. The second kappa shape index (κ2) is 7.18. The van der Waals surface area contributed by atoms with Gasteiger partial charge in [0, 0.05) is 19.5 Å². The molecule has 1 aromatic rings. The number of aromatic nitrogens is 1. The average molecular weight is 295 g/mol. The molecule has 1 aliphatic heterocycles. The van der Waals surface area contributed by atoms with Crippen LogP contribution in [0.25, 0.3) is 0 Å². The molecule has 4 nitrogen and oxygen atoms in total. The first-order chi connectivity index (χ1) is 9.56. The van der Waals surface area contributed by atoms with Crippen molar-refractivity contribution in [2.45, 2.75) is 40.0 Å². The van der Waals surface area contributed by atoms with Crippen molar-refractivity contribution in [3.8, 4) is 0 Å². The fraction of sp³-hybridized carbons (Fsp3) is 0.733. The number of rotatable bonds is 6. The lowest BCUT2D eigenvalue weighted by atomic mass is 10.2. The van der Waals surface area contributed by atoms with Gasteiger partial charge < -0.3 is 10.2 Å². The minimum Gasteiger partial charge on any atom is -0.351 e. The minimum absolute atomic E-state index is 0.0288. The van der Waals surface area contributed by atoms with Crippen molar-refractivity contribution in [3.63, 3.8) is 0 Å². The Labute approximate surface area is 125 Å². The van der Waals surface area contributed by atoms with Crippen molar-refractivity contribution in [1.82, 2.24) is 15.2 Å². The molecule has 20 heavy (non-hydrogen) atoms. The lowest BCUT2D eigenvalue weighted by Gasteiger charge is -2.12. The van der Waals surface area contributed by atoms with Crippen molar-refractivity contribution < 1.29 is 4.79 Å². The van der Waals surface area contributed by atoms with E-state index >= 15 is 0 Å². The normalized spacial score (nSPS) is 16.0. The van der Waals surface area contributed by atoms with E-state index in [0.717, 1.165) is 35.1 Å². The average Bonchev–Trinajstić information content (AvgIpc) is 3.02. The molecule has 1 N–H and O–H groups in total. The van der Waals surface area contributed by atoms with Gasteiger partial charge in [-0.3, -0.25) is 4.79 Å². The smallest absolute Gasteiger partial charge is 0.263 e. The predicted octanol–water partition coefficient (Wildman–Crippen LogP) is 2.48. The van der Waals surface area contributed by atoms with Crippen LogP contribution < -0.4 is 5.32 Å². The number of aryl methyl sites for hydroxylation is 1. The van der Waals surface area contributed by atoms with Crippen LogP contribution in [0.15, 0.2) is 0 Å². The van der Waals surface area contributed by atoms with Gasteiger partial charge in [-0.1, -0.05) is 13.8 Å². The van der Waals surface area contributed by atoms with Crippen molar-refractivity contribution >= 4 is 17.2 Å². The van der Waals surface area contributed by atoms with Crippen LogP contribution in [0.4, 0.5) is 0 Å². The summed E-state index contributed by atoms with van der Waals surface area (Å²) in [4.78, 5) is 19.9. The van der Waals surface area contributed by atoms with E-state index in [9.17, 15) is 4.79 Å². The summed E-state index contributed by atoms with van der Waals surface area (Å²) < 4.78 is 0. The Morgan fingerprint density at radius 3 is 2.75 bits per heavy atom. The number of amides is 1. The first kappa shape index (κ1) is 15.4. The third-order valence-corrected chi connectivity index (χ3v) is 4.77. The summed E-state index contributed by atoms with van der Waals surface area (Å²) in [5, 5.41) is 4.06.